The highest BCUT2D eigenvalue weighted by atomic mass is 16.5. The number of rotatable bonds is 7. The van der Waals surface area contributed by atoms with E-state index in [9.17, 15) is 0 Å². The smallest absolute Gasteiger partial charge is 0.194 e. The second-order valence-corrected chi connectivity index (χ2v) is 7.95. The lowest BCUT2D eigenvalue weighted by atomic mass is 10.2. The molecule has 4 heterocycles. The van der Waals surface area contributed by atoms with Gasteiger partial charge in [-0.2, -0.15) is 0 Å². The summed E-state index contributed by atoms with van der Waals surface area (Å²) >= 11 is 0. The number of nitrogens with zero attached hydrogens (tertiary/aromatic N) is 4. The molecule has 0 aromatic carbocycles. The average molecular weight is 406 g/mol. The molecule has 1 unspecified atom stereocenters. The van der Waals surface area contributed by atoms with Crippen LogP contribution in [0.4, 0.5) is 0 Å². The Hall–Kier alpha value is -1.61. The van der Waals surface area contributed by atoms with Crippen molar-refractivity contribution in [2.75, 3.05) is 85.3 Å². The molecule has 3 saturated heterocycles. The maximum Gasteiger partial charge on any atom is 0.194 e. The van der Waals surface area contributed by atoms with Crippen molar-refractivity contribution in [3.63, 3.8) is 0 Å². The van der Waals surface area contributed by atoms with E-state index < -0.39 is 0 Å². The third kappa shape index (κ3) is 6.18. The molecule has 8 heteroatoms. The van der Waals surface area contributed by atoms with Crippen LogP contribution >= 0.6 is 0 Å². The topological polar surface area (TPSA) is 65.7 Å². The summed E-state index contributed by atoms with van der Waals surface area (Å²) in [5.74, 6) is 2.05. The molecule has 1 atom stereocenters. The molecule has 1 N–H and O–H groups in total. The number of morpholine rings is 2. The van der Waals surface area contributed by atoms with Crippen molar-refractivity contribution in [1.82, 2.24) is 20.0 Å². The van der Waals surface area contributed by atoms with E-state index >= 15 is 0 Å². The second-order valence-electron chi connectivity index (χ2n) is 7.95. The third-order valence-electron chi connectivity index (χ3n) is 6.04. The first-order chi connectivity index (χ1) is 14.4. The lowest BCUT2D eigenvalue weighted by molar-refractivity contribution is 0.0194. The molecule has 3 fully saturated rings. The predicted octanol–water partition coefficient (Wildman–Crippen LogP) is 0.506. The summed E-state index contributed by atoms with van der Waals surface area (Å²) in [5, 5.41) is 3.59. The Bertz CT molecular complexity index is 612. The van der Waals surface area contributed by atoms with Gasteiger partial charge in [0.2, 0.25) is 0 Å². The van der Waals surface area contributed by atoms with Gasteiger partial charge >= 0.3 is 0 Å². The van der Waals surface area contributed by atoms with Gasteiger partial charge in [-0.3, -0.25) is 14.8 Å². The number of likely N-dealkylation sites (tertiary alicyclic amines) is 1. The van der Waals surface area contributed by atoms with Crippen LogP contribution in [0.2, 0.25) is 0 Å². The van der Waals surface area contributed by atoms with Crippen LogP contribution in [-0.4, -0.2) is 112 Å². The Morgan fingerprint density at radius 2 is 1.86 bits per heavy atom. The highest BCUT2D eigenvalue weighted by molar-refractivity contribution is 5.80. The number of guanidine groups is 1. The maximum atomic E-state index is 5.52. The fraction of sp³-hybridized carbons (Fsp3) is 0.762. The number of furan rings is 1. The van der Waals surface area contributed by atoms with Crippen LogP contribution < -0.4 is 5.32 Å². The molecule has 0 saturated carbocycles. The van der Waals surface area contributed by atoms with Gasteiger partial charge in [0.05, 0.1) is 39.2 Å². The molecular formula is C21H35N5O3. The van der Waals surface area contributed by atoms with Crippen LogP contribution in [0.5, 0.6) is 0 Å². The molecule has 0 bridgehead atoms. The Kier molecular flexibility index (Phi) is 7.81. The SMILES string of the molecule is c1coc(CCNC(=NCCN2CCOCC2)N2CCC(N3CCOCC3)C2)c1. The van der Waals surface area contributed by atoms with Gasteiger partial charge in [-0.25, -0.2) is 0 Å². The molecule has 1 aromatic heterocycles. The number of aliphatic imine (C=N–C) groups is 1. The predicted molar refractivity (Wildman–Crippen MR) is 112 cm³/mol. The van der Waals surface area contributed by atoms with E-state index in [2.05, 4.69) is 20.0 Å². The normalized spacial score (nSPS) is 24.9. The molecule has 0 amide bonds. The third-order valence-corrected chi connectivity index (χ3v) is 6.04. The van der Waals surface area contributed by atoms with Crippen molar-refractivity contribution in [2.45, 2.75) is 18.9 Å². The van der Waals surface area contributed by atoms with Crippen molar-refractivity contribution >= 4 is 5.96 Å². The van der Waals surface area contributed by atoms with E-state index in [1.165, 1.54) is 6.42 Å². The largest absolute Gasteiger partial charge is 0.469 e. The zero-order chi connectivity index (χ0) is 19.7. The quantitative estimate of drug-likeness (QED) is 0.524. The van der Waals surface area contributed by atoms with E-state index in [1.54, 1.807) is 6.26 Å². The van der Waals surface area contributed by atoms with Gasteiger partial charge < -0.3 is 24.1 Å². The molecule has 0 spiro atoms. The first kappa shape index (κ1) is 20.7. The minimum absolute atomic E-state index is 0.607. The first-order valence-corrected chi connectivity index (χ1v) is 11.1. The molecule has 162 valence electrons. The van der Waals surface area contributed by atoms with Crippen molar-refractivity contribution in [2.24, 2.45) is 4.99 Å². The van der Waals surface area contributed by atoms with Crippen molar-refractivity contribution < 1.29 is 13.9 Å². The highest BCUT2D eigenvalue weighted by Gasteiger charge is 2.30. The van der Waals surface area contributed by atoms with Crippen LogP contribution in [0.3, 0.4) is 0 Å². The van der Waals surface area contributed by atoms with E-state index in [4.69, 9.17) is 18.9 Å². The molecule has 29 heavy (non-hydrogen) atoms. The van der Waals surface area contributed by atoms with E-state index in [0.717, 1.165) is 103 Å². The minimum atomic E-state index is 0.607. The standard InChI is InChI=1S/C21H35N5O3/c1-2-20(29-13-1)3-5-22-21(23-6-8-24-9-14-27-15-10-24)26-7-4-19(18-26)25-11-16-28-17-12-25/h1-2,13,19H,3-12,14-18H2,(H,22,23). The van der Waals surface area contributed by atoms with Crippen LogP contribution in [0.25, 0.3) is 0 Å². The molecular weight excluding hydrogens is 370 g/mol. The van der Waals surface area contributed by atoms with Gasteiger partial charge in [-0.1, -0.05) is 0 Å². The van der Waals surface area contributed by atoms with Crippen LogP contribution in [0.1, 0.15) is 12.2 Å². The van der Waals surface area contributed by atoms with Crippen LogP contribution in [0, 0.1) is 0 Å². The van der Waals surface area contributed by atoms with Crippen molar-refractivity contribution in [3.8, 4) is 0 Å². The maximum absolute atomic E-state index is 5.52. The summed E-state index contributed by atoms with van der Waals surface area (Å²) in [7, 11) is 0. The summed E-state index contributed by atoms with van der Waals surface area (Å²) in [5.41, 5.74) is 0. The summed E-state index contributed by atoms with van der Waals surface area (Å²) in [6.45, 7) is 12.3. The summed E-state index contributed by atoms with van der Waals surface area (Å²) in [6.07, 6.45) is 3.80. The Labute approximate surface area is 173 Å². The van der Waals surface area contributed by atoms with Crippen LogP contribution in [-0.2, 0) is 15.9 Å². The summed E-state index contributed by atoms with van der Waals surface area (Å²) in [6, 6.07) is 4.58. The fourth-order valence-electron chi connectivity index (χ4n) is 4.32. The monoisotopic (exact) mass is 405 g/mol. The molecule has 0 aliphatic carbocycles. The summed E-state index contributed by atoms with van der Waals surface area (Å²) < 4.78 is 16.4. The van der Waals surface area contributed by atoms with Gasteiger partial charge in [-0.15, -0.1) is 0 Å². The molecule has 3 aliphatic heterocycles. The van der Waals surface area contributed by atoms with Crippen LogP contribution in [0.15, 0.2) is 27.8 Å². The highest BCUT2D eigenvalue weighted by Crippen LogP contribution is 2.17. The Morgan fingerprint density at radius 3 is 2.62 bits per heavy atom. The van der Waals surface area contributed by atoms with Crippen molar-refractivity contribution in [1.29, 1.82) is 0 Å². The van der Waals surface area contributed by atoms with Gasteiger partial charge in [0.15, 0.2) is 5.96 Å². The Balaban J connectivity index is 1.31. The molecule has 0 radical (unpaired) electrons. The lowest BCUT2D eigenvalue weighted by Crippen LogP contribution is -2.47. The zero-order valence-corrected chi connectivity index (χ0v) is 17.4. The number of hydrogen-bond donors (Lipinski definition) is 1. The summed E-state index contributed by atoms with van der Waals surface area (Å²) in [4.78, 5) is 12.4. The van der Waals surface area contributed by atoms with Gasteiger partial charge in [-0.05, 0) is 18.6 Å². The minimum Gasteiger partial charge on any atom is -0.469 e. The first-order valence-electron chi connectivity index (χ1n) is 11.1. The molecule has 1 aromatic rings. The van der Waals surface area contributed by atoms with Gasteiger partial charge in [0.25, 0.3) is 0 Å². The molecule has 8 nitrogen and oxygen atoms in total. The fourth-order valence-corrected chi connectivity index (χ4v) is 4.32. The van der Waals surface area contributed by atoms with Gasteiger partial charge in [0.1, 0.15) is 5.76 Å². The molecule has 3 aliphatic rings. The lowest BCUT2D eigenvalue weighted by Gasteiger charge is -2.32. The number of ether oxygens (including phenoxy) is 2. The van der Waals surface area contributed by atoms with E-state index in [-0.39, 0.29) is 0 Å². The van der Waals surface area contributed by atoms with E-state index in [1.807, 2.05) is 12.1 Å². The zero-order valence-electron chi connectivity index (χ0n) is 17.4. The Morgan fingerprint density at radius 1 is 1.07 bits per heavy atom. The number of nitrogens with one attached hydrogen (secondary N) is 1. The average Bonchev–Trinajstić information content (AvgIpc) is 3.46. The second kappa shape index (κ2) is 11.0. The van der Waals surface area contributed by atoms with Gasteiger partial charge in [0, 0.05) is 64.8 Å². The van der Waals surface area contributed by atoms with Crippen molar-refractivity contribution in [3.05, 3.63) is 24.2 Å². The number of hydrogen-bond acceptors (Lipinski definition) is 6. The van der Waals surface area contributed by atoms with E-state index in [0.29, 0.717) is 6.04 Å². The molecule has 4 rings (SSSR count).